The molecular formula is C24H22ClN5OS. The van der Waals surface area contributed by atoms with Gasteiger partial charge in [0.1, 0.15) is 0 Å². The summed E-state index contributed by atoms with van der Waals surface area (Å²) in [5.41, 5.74) is 3.88. The van der Waals surface area contributed by atoms with Crippen molar-refractivity contribution in [3.8, 4) is 17.1 Å². The topological polar surface area (TPSA) is 72.7 Å². The second-order valence-electron chi connectivity index (χ2n) is 7.31. The number of hydrogen-bond acceptors (Lipinski definition) is 5. The van der Waals surface area contributed by atoms with Gasteiger partial charge in [0.05, 0.1) is 11.8 Å². The van der Waals surface area contributed by atoms with Crippen LogP contribution < -0.4 is 5.32 Å². The average molecular weight is 464 g/mol. The Balaban J connectivity index is 1.55. The van der Waals surface area contributed by atoms with E-state index < -0.39 is 0 Å². The van der Waals surface area contributed by atoms with Crippen molar-refractivity contribution in [3.63, 3.8) is 0 Å². The number of carbonyl (C=O) groups is 1. The minimum Gasteiger partial charge on any atom is -0.349 e. The molecule has 1 amide bonds. The maximum absolute atomic E-state index is 12.6. The number of halogens is 1. The molecule has 4 aromatic rings. The van der Waals surface area contributed by atoms with Crippen LogP contribution in [0.2, 0.25) is 5.02 Å². The van der Waals surface area contributed by atoms with Crippen LogP contribution in [0.1, 0.15) is 24.1 Å². The average Bonchev–Trinajstić information content (AvgIpc) is 3.23. The Bertz CT molecular complexity index is 1210. The van der Waals surface area contributed by atoms with E-state index in [4.69, 9.17) is 11.6 Å². The molecule has 0 aliphatic rings. The molecule has 2 aromatic carbocycles. The number of aryl methyl sites for hydroxylation is 1. The van der Waals surface area contributed by atoms with Gasteiger partial charge in [-0.1, -0.05) is 59.3 Å². The zero-order valence-electron chi connectivity index (χ0n) is 17.7. The minimum atomic E-state index is -0.195. The SMILES string of the molecule is Cc1ccc(-n2c(SCC(=O)NC(C)c3ccccc3Cl)nnc2-c2ccncc2)cc1. The van der Waals surface area contributed by atoms with Crippen LogP contribution in [0.5, 0.6) is 0 Å². The van der Waals surface area contributed by atoms with Crippen molar-refractivity contribution >= 4 is 29.3 Å². The van der Waals surface area contributed by atoms with Gasteiger partial charge in [0.2, 0.25) is 5.91 Å². The number of benzene rings is 2. The molecule has 4 rings (SSSR count). The van der Waals surface area contributed by atoms with Gasteiger partial charge < -0.3 is 5.32 Å². The standard InChI is InChI=1S/C24H22ClN5OS/c1-16-7-9-19(10-8-16)30-23(18-11-13-26-14-12-18)28-29-24(30)32-15-22(31)27-17(2)20-5-3-4-6-21(20)25/h3-14,17H,15H2,1-2H3,(H,27,31). The molecule has 1 atom stereocenters. The van der Waals surface area contributed by atoms with E-state index in [1.807, 2.05) is 79.1 Å². The zero-order valence-corrected chi connectivity index (χ0v) is 19.3. The van der Waals surface area contributed by atoms with Crippen LogP contribution in [-0.4, -0.2) is 31.4 Å². The van der Waals surface area contributed by atoms with Crippen LogP contribution in [-0.2, 0) is 4.79 Å². The summed E-state index contributed by atoms with van der Waals surface area (Å²) in [6.45, 7) is 3.96. The molecule has 32 heavy (non-hydrogen) atoms. The fourth-order valence-corrected chi connectivity index (χ4v) is 4.36. The van der Waals surface area contributed by atoms with E-state index >= 15 is 0 Å². The van der Waals surface area contributed by atoms with Crippen LogP contribution in [0.3, 0.4) is 0 Å². The predicted octanol–water partition coefficient (Wildman–Crippen LogP) is 5.26. The first-order valence-corrected chi connectivity index (χ1v) is 11.5. The second kappa shape index (κ2) is 9.97. The Hall–Kier alpha value is -3.16. The molecule has 1 unspecified atom stereocenters. The van der Waals surface area contributed by atoms with Gasteiger partial charge >= 0.3 is 0 Å². The summed E-state index contributed by atoms with van der Waals surface area (Å²) in [6, 6.07) is 19.2. The van der Waals surface area contributed by atoms with Gasteiger partial charge in [-0.15, -0.1) is 10.2 Å². The van der Waals surface area contributed by atoms with Crippen molar-refractivity contribution in [2.75, 3.05) is 5.75 Å². The monoisotopic (exact) mass is 463 g/mol. The number of rotatable bonds is 7. The van der Waals surface area contributed by atoms with Gasteiger partial charge in [0.25, 0.3) is 0 Å². The van der Waals surface area contributed by atoms with Crippen LogP contribution in [0.4, 0.5) is 0 Å². The molecule has 6 nitrogen and oxygen atoms in total. The molecule has 0 fully saturated rings. The number of thioether (sulfide) groups is 1. The quantitative estimate of drug-likeness (QED) is 0.378. The summed E-state index contributed by atoms with van der Waals surface area (Å²) in [4.78, 5) is 16.7. The lowest BCUT2D eigenvalue weighted by molar-refractivity contribution is -0.119. The summed E-state index contributed by atoms with van der Waals surface area (Å²) in [5.74, 6) is 0.796. The molecule has 2 heterocycles. The van der Waals surface area contributed by atoms with Gasteiger partial charge in [-0.25, -0.2) is 0 Å². The van der Waals surface area contributed by atoms with Crippen molar-refractivity contribution in [2.45, 2.75) is 25.0 Å². The van der Waals surface area contributed by atoms with E-state index in [0.29, 0.717) is 16.0 Å². The Morgan fingerprint density at radius 1 is 1.06 bits per heavy atom. The van der Waals surface area contributed by atoms with Gasteiger partial charge in [-0.3, -0.25) is 14.3 Å². The summed E-state index contributed by atoms with van der Waals surface area (Å²) < 4.78 is 1.96. The highest BCUT2D eigenvalue weighted by Crippen LogP contribution is 2.28. The molecular weight excluding hydrogens is 442 g/mol. The van der Waals surface area contributed by atoms with Crippen molar-refractivity contribution in [3.05, 3.63) is 89.2 Å². The number of pyridine rings is 1. The summed E-state index contributed by atoms with van der Waals surface area (Å²) in [5, 5.41) is 13.0. The van der Waals surface area contributed by atoms with Gasteiger partial charge in [0.15, 0.2) is 11.0 Å². The molecule has 0 radical (unpaired) electrons. The lowest BCUT2D eigenvalue weighted by atomic mass is 10.1. The molecule has 0 saturated heterocycles. The van der Waals surface area contributed by atoms with Crippen molar-refractivity contribution < 1.29 is 4.79 Å². The Labute approximate surface area is 196 Å². The molecule has 0 aliphatic heterocycles. The third-order valence-electron chi connectivity index (χ3n) is 4.95. The third kappa shape index (κ3) is 5.00. The largest absolute Gasteiger partial charge is 0.349 e. The number of carbonyl (C=O) groups excluding carboxylic acids is 1. The molecule has 162 valence electrons. The van der Waals surface area contributed by atoms with E-state index in [1.54, 1.807) is 12.4 Å². The second-order valence-corrected chi connectivity index (χ2v) is 8.66. The van der Waals surface area contributed by atoms with E-state index in [1.165, 1.54) is 11.8 Å². The molecule has 0 bridgehead atoms. The van der Waals surface area contributed by atoms with E-state index in [9.17, 15) is 4.79 Å². The summed E-state index contributed by atoms with van der Waals surface area (Å²) >= 11 is 7.59. The maximum Gasteiger partial charge on any atom is 0.230 e. The Kier molecular flexibility index (Phi) is 6.87. The van der Waals surface area contributed by atoms with E-state index in [2.05, 4.69) is 20.5 Å². The molecule has 1 N–H and O–H groups in total. The van der Waals surface area contributed by atoms with Crippen molar-refractivity contribution in [1.29, 1.82) is 0 Å². The van der Waals surface area contributed by atoms with Gasteiger partial charge in [-0.05, 0) is 49.7 Å². The van der Waals surface area contributed by atoms with Crippen molar-refractivity contribution in [2.24, 2.45) is 0 Å². The number of aromatic nitrogens is 4. The van der Waals surface area contributed by atoms with Crippen LogP contribution >= 0.6 is 23.4 Å². The van der Waals surface area contributed by atoms with Gasteiger partial charge in [-0.2, -0.15) is 0 Å². The molecule has 0 spiro atoms. The number of nitrogens with one attached hydrogen (secondary N) is 1. The fourth-order valence-electron chi connectivity index (χ4n) is 3.30. The van der Waals surface area contributed by atoms with Crippen LogP contribution in [0, 0.1) is 6.92 Å². The Morgan fingerprint density at radius 2 is 1.78 bits per heavy atom. The highest BCUT2D eigenvalue weighted by molar-refractivity contribution is 7.99. The molecule has 0 aliphatic carbocycles. The highest BCUT2D eigenvalue weighted by Gasteiger charge is 2.18. The number of amides is 1. The predicted molar refractivity (Wildman–Crippen MR) is 128 cm³/mol. The number of hydrogen-bond donors (Lipinski definition) is 1. The highest BCUT2D eigenvalue weighted by atomic mass is 35.5. The first-order chi connectivity index (χ1) is 15.5. The first-order valence-electron chi connectivity index (χ1n) is 10.1. The first kappa shape index (κ1) is 22.0. The fraction of sp³-hybridized carbons (Fsp3) is 0.167. The maximum atomic E-state index is 12.6. The molecule has 0 saturated carbocycles. The summed E-state index contributed by atoms with van der Waals surface area (Å²) in [7, 11) is 0. The minimum absolute atomic E-state index is 0.105. The van der Waals surface area contributed by atoms with Crippen LogP contribution in [0.25, 0.3) is 17.1 Å². The van der Waals surface area contributed by atoms with E-state index in [0.717, 1.165) is 22.4 Å². The molecule has 2 aromatic heterocycles. The zero-order chi connectivity index (χ0) is 22.5. The van der Waals surface area contributed by atoms with Crippen LogP contribution in [0.15, 0.2) is 78.2 Å². The Morgan fingerprint density at radius 3 is 2.50 bits per heavy atom. The summed E-state index contributed by atoms with van der Waals surface area (Å²) in [6.07, 6.45) is 3.44. The normalized spacial score (nSPS) is 11.8. The van der Waals surface area contributed by atoms with Crippen molar-refractivity contribution in [1.82, 2.24) is 25.1 Å². The lowest BCUT2D eigenvalue weighted by Gasteiger charge is -2.15. The number of nitrogens with zero attached hydrogens (tertiary/aromatic N) is 4. The third-order valence-corrected chi connectivity index (χ3v) is 6.22. The smallest absolute Gasteiger partial charge is 0.230 e. The van der Waals surface area contributed by atoms with Gasteiger partial charge in [0, 0.05) is 28.7 Å². The lowest BCUT2D eigenvalue weighted by Crippen LogP contribution is -2.28. The van der Waals surface area contributed by atoms with E-state index in [-0.39, 0.29) is 17.7 Å². The molecule has 8 heteroatoms.